The highest BCUT2D eigenvalue weighted by molar-refractivity contribution is 7.07. The molecule has 0 atom stereocenters. The van der Waals surface area contributed by atoms with Crippen molar-refractivity contribution >= 4 is 40.4 Å². The Morgan fingerprint density at radius 1 is 1.24 bits per heavy atom. The minimum absolute atomic E-state index is 0.0488. The van der Waals surface area contributed by atoms with Crippen LogP contribution in [0.3, 0.4) is 0 Å². The molecule has 1 aromatic carbocycles. The van der Waals surface area contributed by atoms with Crippen molar-refractivity contribution in [3.8, 4) is 0 Å². The van der Waals surface area contributed by atoms with E-state index in [1.165, 1.54) is 29.5 Å². The lowest BCUT2D eigenvalue weighted by atomic mass is 9.85. The molecule has 5 nitrogen and oxygen atoms in total. The van der Waals surface area contributed by atoms with Crippen LogP contribution in [0, 0.1) is 11.7 Å². The molecule has 3 rings (SSSR count). The Hall–Kier alpha value is -1.99. The predicted molar refractivity (Wildman–Crippen MR) is 95.4 cm³/mol. The molecule has 0 bridgehead atoms. The number of nitrogens with one attached hydrogen (secondary N) is 2. The van der Waals surface area contributed by atoms with Gasteiger partial charge in [0, 0.05) is 17.3 Å². The molecule has 25 heavy (non-hydrogen) atoms. The van der Waals surface area contributed by atoms with Gasteiger partial charge < -0.3 is 10.6 Å². The molecule has 2 amide bonds. The van der Waals surface area contributed by atoms with E-state index in [0.717, 1.165) is 12.8 Å². The minimum atomic E-state index is -0.445. The zero-order chi connectivity index (χ0) is 17.8. The molecular formula is C17H17ClFN3O2S. The number of anilines is 1. The van der Waals surface area contributed by atoms with E-state index in [2.05, 4.69) is 15.6 Å². The van der Waals surface area contributed by atoms with E-state index in [-0.39, 0.29) is 28.8 Å². The molecule has 1 saturated carbocycles. The number of rotatable bonds is 4. The summed E-state index contributed by atoms with van der Waals surface area (Å²) in [6.45, 7) is 0. The number of amides is 2. The molecule has 2 N–H and O–H groups in total. The van der Waals surface area contributed by atoms with Gasteiger partial charge in [-0.15, -0.1) is 11.3 Å². The van der Waals surface area contributed by atoms with Crippen molar-refractivity contribution in [2.75, 3.05) is 5.32 Å². The van der Waals surface area contributed by atoms with E-state index in [1.54, 1.807) is 10.9 Å². The molecule has 8 heteroatoms. The van der Waals surface area contributed by atoms with Crippen LogP contribution in [0.25, 0.3) is 0 Å². The Labute approximate surface area is 153 Å². The zero-order valence-corrected chi connectivity index (χ0v) is 14.9. The first-order valence-electron chi connectivity index (χ1n) is 7.98. The topological polar surface area (TPSA) is 71.1 Å². The van der Waals surface area contributed by atoms with E-state index in [0.29, 0.717) is 24.2 Å². The number of hydrogen-bond acceptors (Lipinski definition) is 4. The zero-order valence-electron chi connectivity index (χ0n) is 13.3. The first kappa shape index (κ1) is 17.8. The quantitative estimate of drug-likeness (QED) is 0.844. The van der Waals surface area contributed by atoms with Gasteiger partial charge in [-0.2, -0.15) is 0 Å². The number of aromatic nitrogens is 1. The lowest BCUT2D eigenvalue weighted by Gasteiger charge is -2.28. The standard InChI is InChI=1S/C17H17ClFN3O2S/c18-13-7-11(19)3-6-14(13)22-16(23)10-1-4-12(5-2-10)21-17(24)15-8-25-9-20-15/h3,6-10,12H,1-2,4-5H2,(H,21,24)(H,22,23). The van der Waals surface area contributed by atoms with Gasteiger partial charge in [-0.05, 0) is 43.9 Å². The van der Waals surface area contributed by atoms with Gasteiger partial charge in [-0.1, -0.05) is 11.6 Å². The number of halogens is 2. The summed E-state index contributed by atoms with van der Waals surface area (Å²) in [5.41, 5.74) is 2.46. The number of hydrogen-bond donors (Lipinski definition) is 2. The summed E-state index contributed by atoms with van der Waals surface area (Å²) in [7, 11) is 0. The highest BCUT2D eigenvalue weighted by Gasteiger charge is 2.28. The van der Waals surface area contributed by atoms with Crippen LogP contribution in [0.1, 0.15) is 36.2 Å². The molecule has 1 aliphatic carbocycles. The maximum absolute atomic E-state index is 13.1. The van der Waals surface area contributed by atoms with Crippen LogP contribution in [-0.2, 0) is 4.79 Å². The van der Waals surface area contributed by atoms with Gasteiger partial charge >= 0.3 is 0 Å². The van der Waals surface area contributed by atoms with Gasteiger partial charge in [0.25, 0.3) is 5.91 Å². The summed E-state index contributed by atoms with van der Waals surface area (Å²) < 4.78 is 13.1. The second-order valence-electron chi connectivity index (χ2n) is 6.01. The van der Waals surface area contributed by atoms with E-state index in [9.17, 15) is 14.0 Å². The van der Waals surface area contributed by atoms with Gasteiger partial charge in [0.1, 0.15) is 11.5 Å². The number of carbonyl (C=O) groups excluding carboxylic acids is 2. The molecule has 1 fully saturated rings. The monoisotopic (exact) mass is 381 g/mol. The summed E-state index contributed by atoms with van der Waals surface area (Å²) in [4.78, 5) is 28.4. The SMILES string of the molecule is O=C(NC1CCC(C(=O)Nc2ccc(F)cc2Cl)CC1)c1cscn1. The average Bonchev–Trinajstić information content (AvgIpc) is 3.13. The fourth-order valence-electron chi connectivity index (χ4n) is 2.91. The smallest absolute Gasteiger partial charge is 0.270 e. The summed E-state index contributed by atoms with van der Waals surface area (Å²) in [5.74, 6) is -0.891. The van der Waals surface area contributed by atoms with Crippen LogP contribution in [0.2, 0.25) is 5.02 Å². The average molecular weight is 382 g/mol. The van der Waals surface area contributed by atoms with Gasteiger partial charge in [0.2, 0.25) is 5.91 Å². The molecule has 1 aliphatic rings. The Kier molecular flexibility index (Phi) is 5.65. The number of benzene rings is 1. The molecule has 1 aromatic heterocycles. The van der Waals surface area contributed by atoms with E-state index in [4.69, 9.17) is 11.6 Å². The first-order valence-corrected chi connectivity index (χ1v) is 9.30. The summed E-state index contributed by atoms with van der Waals surface area (Å²) >= 11 is 7.31. The third kappa shape index (κ3) is 4.55. The third-order valence-electron chi connectivity index (χ3n) is 4.29. The molecular weight excluding hydrogens is 365 g/mol. The fraction of sp³-hybridized carbons (Fsp3) is 0.353. The van der Waals surface area contributed by atoms with Crippen molar-refractivity contribution in [2.45, 2.75) is 31.7 Å². The predicted octanol–water partition coefficient (Wildman–Crippen LogP) is 3.86. The third-order valence-corrected chi connectivity index (χ3v) is 5.19. The Morgan fingerprint density at radius 2 is 2.00 bits per heavy atom. The summed E-state index contributed by atoms with van der Waals surface area (Å²) in [6.07, 6.45) is 2.80. The molecule has 0 unspecified atom stereocenters. The lowest BCUT2D eigenvalue weighted by molar-refractivity contribution is -0.120. The first-order chi connectivity index (χ1) is 12.0. The molecule has 132 valence electrons. The van der Waals surface area contributed by atoms with Gasteiger partial charge in [-0.25, -0.2) is 9.37 Å². The number of nitrogens with zero attached hydrogens (tertiary/aromatic N) is 1. The van der Waals surface area contributed by atoms with Gasteiger partial charge in [0.15, 0.2) is 0 Å². The molecule has 0 radical (unpaired) electrons. The fourth-order valence-corrected chi connectivity index (χ4v) is 3.66. The van der Waals surface area contributed by atoms with E-state index >= 15 is 0 Å². The van der Waals surface area contributed by atoms with Crippen LogP contribution < -0.4 is 10.6 Å². The summed E-state index contributed by atoms with van der Waals surface area (Å²) in [6, 6.07) is 3.93. The molecule has 2 aromatic rings. The second kappa shape index (κ2) is 7.93. The second-order valence-corrected chi connectivity index (χ2v) is 7.13. The van der Waals surface area contributed by atoms with Crippen LogP contribution >= 0.6 is 22.9 Å². The maximum Gasteiger partial charge on any atom is 0.270 e. The van der Waals surface area contributed by atoms with E-state index < -0.39 is 5.82 Å². The molecule has 0 saturated heterocycles. The van der Waals surface area contributed by atoms with Crippen LogP contribution in [0.5, 0.6) is 0 Å². The lowest BCUT2D eigenvalue weighted by Crippen LogP contribution is -2.39. The number of thiazole rings is 1. The molecule has 0 spiro atoms. The highest BCUT2D eigenvalue weighted by atomic mass is 35.5. The van der Waals surface area contributed by atoms with Crippen LogP contribution in [0.4, 0.5) is 10.1 Å². The van der Waals surface area contributed by atoms with Crippen molar-refractivity contribution in [1.29, 1.82) is 0 Å². The Balaban J connectivity index is 1.50. The van der Waals surface area contributed by atoms with Crippen molar-refractivity contribution < 1.29 is 14.0 Å². The number of carbonyl (C=O) groups is 2. The molecule has 1 heterocycles. The largest absolute Gasteiger partial charge is 0.348 e. The Morgan fingerprint density at radius 3 is 2.64 bits per heavy atom. The van der Waals surface area contributed by atoms with Crippen molar-refractivity contribution in [3.05, 3.63) is 45.6 Å². The van der Waals surface area contributed by atoms with Crippen LogP contribution in [-0.4, -0.2) is 22.8 Å². The van der Waals surface area contributed by atoms with Crippen molar-refractivity contribution in [3.63, 3.8) is 0 Å². The van der Waals surface area contributed by atoms with Crippen molar-refractivity contribution in [1.82, 2.24) is 10.3 Å². The van der Waals surface area contributed by atoms with Crippen LogP contribution in [0.15, 0.2) is 29.1 Å². The maximum atomic E-state index is 13.1. The molecule has 0 aliphatic heterocycles. The van der Waals surface area contributed by atoms with E-state index in [1.807, 2.05) is 0 Å². The summed E-state index contributed by atoms with van der Waals surface area (Å²) in [5, 5.41) is 7.60. The minimum Gasteiger partial charge on any atom is -0.348 e. The van der Waals surface area contributed by atoms with Gasteiger partial charge in [-0.3, -0.25) is 9.59 Å². The Bertz CT molecular complexity index is 761. The van der Waals surface area contributed by atoms with Crippen molar-refractivity contribution in [2.24, 2.45) is 5.92 Å². The highest BCUT2D eigenvalue weighted by Crippen LogP contribution is 2.28. The van der Waals surface area contributed by atoms with Gasteiger partial charge in [0.05, 0.1) is 16.2 Å². The normalized spacial score (nSPS) is 20.1.